The van der Waals surface area contributed by atoms with Crippen molar-refractivity contribution >= 4 is 11.9 Å². The molecule has 1 heterocycles. The Morgan fingerprint density at radius 3 is 2.00 bits per heavy atom. The highest BCUT2D eigenvalue weighted by atomic mass is 16.6. The molecular weight excluding hydrogens is 388 g/mol. The maximum atomic E-state index is 13.7. The van der Waals surface area contributed by atoms with E-state index < -0.39 is 17.4 Å². The van der Waals surface area contributed by atoms with E-state index in [4.69, 9.17) is 9.47 Å². The lowest BCUT2D eigenvalue weighted by Crippen LogP contribution is -2.50. The molecule has 4 nitrogen and oxygen atoms in total. The van der Waals surface area contributed by atoms with Crippen LogP contribution < -0.4 is 0 Å². The summed E-state index contributed by atoms with van der Waals surface area (Å²) in [6, 6.07) is 26.2. The molecule has 1 saturated heterocycles. The second-order valence-corrected chi connectivity index (χ2v) is 8.73. The molecule has 0 saturated carbocycles. The highest BCUT2D eigenvalue weighted by Crippen LogP contribution is 2.68. The van der Waals surface area contributed by atoms with E-state index in [1.165, 1.54) is 18.2 Å². The van der Waals surface area contributed by atoms with Crippen LogP contribution in [0.15, 0.2) is 78.9 Å². The van der Waals surface area contributed by atoms with Crippen LogP contribution >= 0.6 is 0 Å². The van der Waals surface area contributed by atoms with Crippen LogP contribution in [0.4, 0.5) is 0 Å². The fraction of sp³-hybridized carbons (Fsp3) is 0.259. The summed E-state index contributed by atoms with van der Waals surface area (Å²) in [5.74, 6) is -1.58. The van der Waals surface area contributed by atoms with E-state index in [2.05, 4.69) is 24.3 Å². The van der Waals surface area contributed by atoms with Gasteiger partial charge in [0.25, 0.3) is 0 Å². The summed E-state index contributed by atoms with van der Waals surface area (Å²) in [5, 5.41) is 0. The first-order valence-corrected chi connectivity index (χ1v) is 10.7. The number of ether oxygens (including phenoxy) is 2. The fourth-order valence-electron chi connectivity index (χ4n) is 6.31. The van der Waals surface area contributed by atoms with Crippen molar-refractivity contribution in [3.63, 3.8) is 0 Å². The average Bonchev–Trinajstić information content (AvgIpc) is 3.11. The zero-order chi connectivity index (χ0) is 21.2. The number of carbonyl (C=O) groups excluding carboxylic acids is 2. The van der Waals surface area contributed by atoms with Crippen LogP contribution in [0.5, 0.6) is 0 Å². The predicted molar refractivity (Wildman–Crippen MR) is 114 cm³/mol. The number of cyclic esters (lactones) is 1. The van der Waals surface area contributed by atoms with E-state index in [1.807, 2.05) is 54.6 Å². The SMILES string of the molecule is COC(=O)[C@@H]1[C@@H](c2ccccc2)OC(=O)C12CC1c3ccccc3C2c2ccccc21. The van der Waals surface area contributed by atoms with Gasteiger partial charge >= 0.3 is 11.9 Å². The number of benzene rings is 3. The van der Waals surface area contributed by atoms with Gasteiger partial charge in [0.15, 0.2) is 0 Å². The van der Waals surface area contributed by atoms with Crippen molar-refractivity contribution in [3.05, 3.63) is 107 Å². The number of methoxy groups -OCH3 is 1. The molecule has 31 heavy (non-hydrogen) atoms. The van der Waals surface area contributed by atoms with Gasteiger partial charge in [-0.15, -0.1) is 0 Å². The molecule has 2 bridgehead atoms. The Morgan fingerprint density at radius 1 is 0.871 bits per heavy atom. The Bertz CT molecular complexity index is 1150. The van der Waals surface area contributed by atoms with Crippen LogP contribution in [0.25, 0.3) is 0 Å². The fourth-order valence-corrected chi connectivity index (χ4v) is 6.31. The molecule has 3 aromatic carbocycles. The molecule has 0 amide bonds. The van der Waals surface area contributed by atoms with Gasteiger partial charge in [-0.25, -0.2) is 0 Å². The Balaban J connectivity index is 1.61. The monoisotopic (exact) mass is 410 g/mol. The lowest BCUT2D eigenvalue weighted by molar-refractivity contribution is -0.155. The largest absolute Gasteiger partial charge is 0.469 e. The van der Waals surface area contributed by atoms with Gasteiger partial charge in [-0.1, -0.05) is 78.9 Å². The van der Waals surface area contributed by atoms with Crippen LogP contribution in [0.2, 0.25) is 0 Å². The minimum Gasteiger partial charge on any atom is -0.469 e. The van der Waals surface area contributed by atoms with E-state index in [0.717, 1.165) is 16.7 Å². The minimum absolute atomic E-state index is 0.0478. The Labute approximate surface area is 180 Å². The topological polar surface area (TPSA) is 52.6 Å². The number of esters is 2. The average molecular weight is 410 g/mol. The molecule has 7 rings (SSSR count). The third-order valence-electron chi connectivity index (χ3n) is 7.48. The number of hydrogen-bond donors (Lipinski definition) is 0. The molecule has 4 aliphatic rings. The summed E-state index contributed by atoms with van der Waals surface area (Å²) in [5.41, 5.74) is 4.58. The number of rotatable bonds is 2. The zero-order valence-corrected chi connectivity index (χ0v) is 17.2. The first-order valence-electron chi connectivity index (χ1n) is 10.7. The molecule has 3 aliphatic carbocycles. The molecular formula is C27H22O4. The molecule has 1 spiro atoms. The van der Waals surface area contributed by atoms with Crippen LogP contribution in [-0.4, -0.2) is 19.0 Å². The summed E-state index contributed by atoms with van der Waals surface area (Å²) in [6.07, 6.45) is -0.104. The van der Waals surface area contributed by atoms with Crippen molar-refractivity contribution in [2.45, 2.75) is 24.4 Å². The summed E-state index contributed by atoms with van der Waals surface area (Å²) >= 11 is 0. The molecule has 0 N–H and O–H groups in total. The van der Waals surface area contributed by atoms with Crippen LogP contribution in [0.3, 0.4) is 0 Å². The highest BCUT2D eigenvalue weighted by Gasteiger charge is 2.69. The minimum atomic E-state index is -0.985. The Morgan fingerprint density at radius 2 is 1.42 bits per heavy atom. The lowest BCUT2D eigenvalue weighted by atomic mass is 9.48. The van der Waals surface area contributed by atoms with Gasteiger partial charge < -0.3 is 9.47 Å². The summed E-state index contributed by atoms with van der Waals surface area (Å²) in [7, 11) is 1.39. The first kappa shape index (κ1) is 18.4. The van der Waals surface area contributed by atoms with Crippen LogP contribution in [0, 0.1) is 11.3 Å². The maximum absolute atomic E-state index is 13.7. The third kappa shape index (κ3) is 2.30. The van der Waals surface area contributed by atoms with Crippen LogP contribution in [0.1, 0.15) is 52.2 Å². The zero-order valence-electron chi connectivity index (χ0n) is 17.2. The van der Waals surface area contributed by atoms with E-state index in [9.17, 15) is 9.59 Å². The van der Waals surface area contributed by atoms with Crippen molar-refractivity contribution in [2.75, 3.05) is 7.11 Å². The van der Waals surface area contributed by atoms with E-state index in [0.29, 0.717) is 6.42 Å². The molecule has 1 unspecified atom stereocenters. The van der Waals surface area contributed by atoms with Crippen molar-refractivity contribution in [1.29, 1.82) is 0 Å². The first-order chi connectivity index (χ1) is 15.2. The molecule has 3 atom stereocenters. The summed E-state index contributed by atoms with van der Waals surface area (Å²) in [6.45, 7) is 0. The maximum Gasteiger partial charge on any atom is 0.314 e. The molecule has 4 heteroatoms. The quantitative estimate of drug-likeness (QED) is 0.573. The summed E-state index contributed by atoms with van der Waals surface area (Å²) < 4.78 is 11.3. The van der Waals surface area contributed by atoms with E-state index in [-0.39, 0.29) is 23.8 Å². The predicted octanol–water partition coefficient (Wildman–Crippen LogP) is 4.74. The van der Waals surface area contributed by atoms with Gasteiger partial charge in [0.05, 0.1) is 12.5 Å². The molecule has 0 aromatic heterocycles. The van der Waals surface area contributed by atoms with Crippen molar-refractivity contribution < 1.29 is 19.1 Å². The van der Waals surface area contributed by atoms with Crippen LogP contribution in [-0.2, 0) is 19.1 Å². The van der Waals surface area contributed by atoms with E-state index in [1.54, 1.807) is 0 Å². The Kier molecular flexibility index (Phi) is 3.88. The van der Waals surface area contributed by atoms with Crippen molar-refractivity contribution in [3.8, 4) is 0 Å². The van der Waals surface area contributed by atoms with Gasteiger partial charge in [-0.2, -0.15) is 0 Å². The summed E-state index contributed by atoms with van der Waals surface area (Å²) in [4.78, 5) is 27.0. The number of hydrogen-bond acceptors (Lipinski definition) is 4. The van der Waals surface area contributed by atoms with Gasteiger partial charge in [-0.05, 0) is 34.2 Å². The highest BCUT2D eigenvalue weighted by molar-refractivity contribution is 5.92. The smallest absolute Gasteiger partial charge is 0.314 e. The van der Waals surface area contributed by atoms with Gasteiger partial charge in [0, 0.05) is 11.8 Å². The third-order valence-corrected chi connectivity index (χ3v) is 7.48. The molecule has 1 fully saturated rings. The molecule has 3 aromatic rings. The second-order valence-electron chi connectivity index (χ2n) is 8.73. The molecule has 154 valence electrons. The van der Waals surface area contributed by atoms with E-state index >= 15 is 0 Å². The standard InChI is InChI=1S/C27H22O4/c1-30-25(28)23-24(16-9-3-2-4-10-16)31-26(29)27(23)15-21-17-11-5-7-13-19(17)22(27)20-14-8-6-12-18(20)21/h2-14,21-24H,15H2,1H3/t21?,22?,23-,24+,27?/m0/s1. The Hall–Kier alpha value is -3.40. The lowest BCUT2D eigenvalue weighted by Gasteiger charge is -2.51. The second kappa shape index (κ2) is 6.55. The normalized spacial score (nSPS) is 29.9. The van der Waals surface area contributed by atoms with Crippen molar-refractivity contribution in [1.82, 2.24) is 0 Å². The van der Waals surface area contributed by atoms with Gasteiger partial charge in [0.1, 0.15) is 12.0 Å². The molecule has 1 aliphatic heterocycles. The van der Waals surface area contributed by atoms with Crippen molar-refractivity contribution in [2.24, 2.45) is 11.3 Å². The molecule has 0 radical (unpaired) electrons. The van der Waals surface area contributed by atoms with Gasteiger partial charge in [0.2, 0.25) is 0 Å². The number of carbonyl (C=O) groups is 2. The van der Waals surface area contributed by atoms with Gasteiger partial charge in [-0.3, -0.25) is 9.59 Å².